The normalized spacial score (nSPS) is 16.4. The maximum atomic E-state index is 12.3. The van der Waals surface area contributed by atoms with Gasteiger partial charge in [0.25, 0.3) is 5.91 Å². The zero-order valence-corrected chi connectivity index (χ0v) is 15.6. The highest BCUT2D eigenvalue weighted by atomic mass is 35.5. The summed E-state index contributed by atoms with van der Waals surface area (Å²) >= 11 is 5.93. The summed E-state index contributed by atoms with van der Waals surface area (Å²) in [7, 11) is -3.22. The van der Waals surface area contributed by atoms with Gasteiger partial charge in [-0.15, -0.1) is 0 Å². The highest BCUT2D eigenvalue weighted by molar-refractivity contribution is 7.88. The van der Waals surface area contributed by atoms with Gasteiger partial charge in [-0.2, -0.15) is 9.57 Å². The lowest BCUT2D eigenvalue weighted by atomic mass is 10.2. The fourth-order valence-electron chi connectivity index (χ4n) is 2.40. The second-order valence-electron chi connectivity index (χ2n) is 5.77. The number of rotatable bonds is 4. The van der Waals surface area contributed by atoms with Gasteiger partial charge >= 0.3 is 0 Å². The Morgan fingerprint density at radius 2 is 1.96 bits per heavy atom. The molecular formula is C16H19ClN4O3S. The molecule has 1 heterocycles. The first-order chi connectivity index (χ1) is 11.7. The molecule has 1 aromatic rings. The van der Waals surface area contributed by atoms with Gasteiger partial charge in [0.05, 0.1) is 6.26 Å². The maximum absolute atomic E-state index is 12.3. The van der Waals surface area contributed by atoms with Crippen molar-refractivity contribution in [2.75, 3.05) is 37.8 Å². The van der Waals surface area contributed by atoms with Crippen LogP contribution in [0.1, 0.15) is 5.56 Å². The van der Waals surface area contributed by atoms with Crippen molar-refractivity contribution >= 4 is 33.2 Å². The van der Waals surface area contributed by atoms with Crippen LogP contribution in [0.3, 0.4) is 0 Å². The van der Waals surface area contributed by atoms with Crippen molar-refractivity contribution in [3.63, 3.8) is 0 Å². The van der Waals surface area contributed by atoms with E-state index < -0.39 is 15.9 Å². The molecule has 0 saturated carbocycles. The second kappa shape index (κ2) is 7.87. The molecule has 7 nitrogen and oxygen atoms in total. The van der Waals surface area contributed by atoms with Crippen LogP contribution < -0.4 is 5.32 Å². The van der Waals surface area contributed by atoms with Gasteiger partial charge in [-0.1, -0.05) is 17.7 Å². The molecular weight excluding hydrogens is 364 g/mol. The van der Waals surface area contributed by atoms with E-state index in [0.717, 1.165) is 5.56 Å². The largest absolute Gasteiger partial charge is 0.373 e. The third-order valence-corrected chi connectivity index (χ3v) is 5.41. The molecule has 0 atom stereocenters. The predicted molar refractivity (Wildman–Crippen MR) is 96.5 cm³/mol. The smallest absolute Gasteiger partial charge is 0.267 e. The molecule has 1 aromatic carbocycles. The number of sulfonamides is 1. The van der Waals surface area contributed by atoms with Crippen molar-refractivity contribution in [1.82, 2.24) is 9.21 Å². The van der Waals surface area contributed by atoms with Gasteiger partial charge in [-0.3, -0.25) is 4.79 Å². The van der Waals surface area contributed by atoms with E-state index in [1.165, 1.54) is 16.8 Å². The minimum absolute atomic E-state index is 0.0489. The summed E-state index contributed by atoms with van der Waals surface area (Å²) < 4.78 is 24.4. The number of benzene rings is 1. The zero-order chi connectivity index (χ0) is 18.6. The highest BCUT2D eigenvalue weighted by Gasteiger charge is 2.23. The molecule has 1 saturated heterocycles. The van der Waals surface area contributed by atoms with Gasteiger partial charge in [0, 0.05) is 43.1 Å². The minimum atomic E-state index is -3.22. The number of piperazine rings is 1. The monoisotopic (exact) mass is 382 g/mol. The zero-order valence-electron chi connectivity index (χ0n) is 14.0. The van der Waals surface area contributed by atoms with E-state index in [-0.39, 0.29) is 5.57 Å². The van der Waals surface area contributed by atoms with Crippen LogP contribution in [0.15, 0.2) is 30.0 Å². The van der Waals surface area contributed by atoms with Crippen molar-refractivity contribution < 1.29 is 13.2 Å². The topological polar surface area (TPSA) is 93.5 Å². The number of carbonyl (C=O) groups excluding carboxylic acids is 1. The first-order valence-electron chi connectivity index (χ1n) is 7.59. The molecule has 0 aromatic heterocycles. The molecule has 9 heteroatoms. The fraction of sp³-hybridized carbons (Fsp3) is 0.375. The molecule has 1 aliphatic rings. The molecule has 0 radical (unpaired) electrons. The van der Waals surface area contributed by atoms with Crippen LogP contribution in [0.2, 0.25) is 5.02 Å². The van der Waals surface area contributed by atoms with E-state index in [0.29, 0.717) is 36.9 Å². The fourth-order valence-corrected chi connectivity index (χ4v) is 3.40. The molecule has 1 N–H and O–H groups in total. The number of halogens is 1. The Morgan fingerprint density at radius 1 is 1.32 bits per heavy atom. The number of anilines is 1. The Bertz CT molecular complexity index is 837. The van der Waals surface area contributed by atoms with Crippen LogP contribution in [0.25, 0.3) is 0 Å². The van der Waals surface area contributed by atoms with Crippen LogP contribution in [-0.2, 0) is 14.8 Å². The van der Waals surface area contributed by atoms with Gasteiger partial charge in [0.2, 0.25) is 10.0 Å². The van der Waals surface area contributed by atoms with Crippen molar-refractivity contribution in [3.8, 4) is 6.07 Å². The van der Waals surface area contributed by atoms with Crippen LogP contribution in [-0.4, -0.2) is 56.0 Å². The Labute approximate surface area is 152 Å². The van der Waals surface area contributed by atoms with Crippen molar-refractivity contribution in [2.24, 2.45) is 0 Å². The Morgan fingerprint density at radius 3 is 2.52 bits per heavy atom. The van der Waals surface area contributed by atoms with Gasteiger partial charge in [-0.25, -0.2) is 8.42 Å². The van der Waals surface area contributed by atoms with Crippen molar-refractivity contribution in [2.45, 2.75) is 6.92 Å². The summed E-state index contributed by atoms with van der Waals surface area (Å²) in [4.78, 5) is 14.1. The highest BCUT2D eigenvalue weighted by Crippen LogP contribution is 2.20. The summed E-state index contributed by atoms with van der Waals surface area (Å²) in [5, 5.41) is 12.4. The molecule has 134 valence electrons. The number of aryl methyl sites for hydroxylation is 1. The molecule has 2 rings (SSSR count). The van der Waals surface area contributed by atoms with Crippen LogP contribution >= 0.6 is 11.6 Å². The number of amides is 1. The van der Waals surface area contributed by atoms with Crippen LogP contribution in [0.5, 0.6) is 0 Å². The number of carbonyl (C=O) groups is 1. The van der Waals surface area contributed by atoms with E-state index >= 15 is 0 Å². The lowest BCUT2D eigenvalue weighted by Gasteiger charge is -2.32. The maximum Gasteiger partial charge on any atom is 0.267 e. The summed E-state index contributed by atoms with van der Waals surface area (Å²) in [5.41, 5.74) is 1.32. The van der Waals surface area contributed by atoms with Gasteiger partial charge in [0.1, 0.15) is 11.6 Å². The van der Waals surface area contributed by atoms with E-state index in [9.17, 15) is 18.5 Å². The molecule has 0 aliphatic carbocycles. The van der Waals surface area contributed by atoms with Crippen molar-refractivity contribution in [3.05, 3.63) is 40.6 Å². The standard InChI is InChI=1S/C16H19ClN4O3S/c1-12-3-4-14(17)9-15(12)19-16(22)13(10-18)11-20-5-7-21(8-6-20)25(2,23)24/h3-4,9,11H,5-8H2,1-2H3,(H,19,22)/b13-11-. The van der Waals surface area contributed by atoms with Gasteiger partial charge < -0.3 is 10.2 Å². The third-order valence-electron chi connectivity index (χ3n) is 3.87. The van der Waals surface area contributed by atoms with Crippen molar-refractivity contribution in [1.29, 1.82) is 5.26 Å². The Balaban J connectivity index is 2.07. The molecule has 1 amide bonds. The minimum Gasteiger partial charge on any atom is -0.373 e. The number of nitrogens with zero attached hydrogens (tertiary/aromatic N) is 3. The van der Waals surface area contributed by atoms with Gasteiger partial charge in [-0.05, 0) is 24.6 Å². The summed E-state index contributed by atoms with van der Waals surface area (Å²) in [6.07, 6.45) is 2.63. The molecule has 0 bridgehead atoms. The lowest BCUT2D eigenvalue weighted by Crippen LogP contribution is -2.46. The molecule has 0 unspecified atom stereocenters. The first-order valence-corrected chi connectivity index (χ1v) is 9.82. The number of nitrogens with one attached hydrogen (secondary N) is 1. The predicted octanol–water partition coefficient (Wildman–Crippen LogP) is 1.57. The van der Waals surface area contributed by atoms with E-state index in [1.54, 1.807) is 23.1 Å². The average molecular weight is 383 g/mol. The first kappa shape index (κ1) is 19.2. The Hall–Kier alpha value is -2.08. The molecule has 1 fully saturated rings. The lowest BCUT2D eigenvalue weighted by molar-refractivity contribution is -0.112. The SMILES string of the molecule is Cc1ccc(Cl)cc1NC(=O)/C(C#N)=C\N1CCN(S(C)(=O)=O)CC1. The van der Waals surface area contributed by atoms with Crippen LogP contribution in [0, 0.1) is 18.3 Å². The third kappa shape index (κ3) is 5.19. The Kier molecular flexibility index (Phi) is 6.06. The number of hydrogen-bond acceptors (Lipinski definition) is 5. The van der Waals surface area contributed by atoms with Gasteiger partial charge in [0.15, 0.2) is 0 Å². The van der Waals surface area contributed by atoms with E-state index in [4.69, 9.17) is 11.6 Å². The second-order valence-corrected chi connectivity index (χ2v) is 8.18. The summed E-state index contributed by atoms with van der Waals surface area (Å²) in [5.74, 6) is -0.529. The number of nitriles is 1. The quantitative estimate of drug-likeness (QED) is 0.630. The molecule has 25 heavy (non-hydrogen) atoms. The average Bonchev–Trinajstić information content (AvgIpc) is 2.55. The molecule has 0 spiro atoms. The van der Waals surface area contributed by atoms with E-state index in [1.807, 2.05) is 13.0 Å². The summed E-state index contributed by atoms with van der Waals surface area (Å²) in [6, 6.07) is 7.00. The molecule has 1 aliphatic heterocycles. The van der Waals surface area contributed by atoms with Crippen LogP contribution in [0.4, 0.5) is 5.69 Å². The summed E-state index contributed by atoms with van der Waals surface area (Å²) in [6.45, 7) is 3.31. The number of hydrogen-bond donors (Lipinski definition) is 1. The van der Waals surface area contributed by atoms with E-state index in [2.05, 4.69) is 5.32 Å².